The van der Waals surface area contributed by atoms with E-state index >= 15 is 0 Å². The van der Waals surface area contributed by atoms with Crippen LogP contribution in [0.3, 0.4) is 0 Å². The number of amides is 1. The van der Waals surface area contributed by atoms with Crippen LogP contribution in [0.5, 0.6) is 0 Å². The molecule has 1 aliphatic rings. The summed E-state index contributed by atoms with van der Waals surface area (Å²) in [5, 5.41) is 9.61. The SMILES string of the molecule is CC(C)Cc1cc(C(=O)N2CC(C(=O)O)C(c3ccccc3)C2)cc(=O)[nH]1. The van der Waals surface area contributed by atoms with E-state index < -0.39 is 11.9 Å². The van der Waals surface area contributed by atoms with E-state index in [-0.39, 0.29) is 23.9 Å². The molecular weight excluding hydrogens is 344 g/mol. The normalized spacial score (nSPS) is 19.4. The second-order valence-electron chi connectivity index (χ2n) is 7.53. The topological polar surface area (TPSA) is 90.5 Å². The maximum absolute atomic E-state index is 13.0. The maximum atomic E-state index is 13.0. The van der Waals surface area contributed by atoms with Crippen LogP contribution in [0.1, 0.15) is 41.4 Å². The highest BCUT2D eigenvalue weighted by Gasteiger charge is 2.40. The summed E-state index contributed by atoms with van der Waals surface area (Å²) >= 11 is 0. The lowest BCUT2D eigenvalue weighted by Crippen LogP contribution is -2.31. The van der Waals surface area contributed by atoms with E-state index in [1.165, 1.54) is 6.07 Å². The number of H-pyrrole nitrogens is 1. The van der Waals surface area contributed by atoms with Gasteiger partial charge in [0.1, 0.15) is 0 Å². The van der Waals surface area contributed by atoms with Gasteiger partial charge in [0.05, 0.1) is 5.92 Å². The van der Waals surface area contributed by atoms with Gasteiger partial charge >= 0.3 is 5.97 Å². The molecule has 0 aliphatic carbocycles. The summed E-state index contributed by atoms with van der Waals surface area (Å²) in [5.74, 6) is -1.78. The third-order valence-corrected chi connectivity index (χ3v) is 4.93. The number of carbonyl (C=O) groups excluding carboxylic acids is 1. The molecule has 1 fully saturated rings. The summed E-state index contributed by atoms with van der Waals surface area (Å²) in [4.78, 5) is 41.0. The van der Waals surface area contributed by atoms with Gasteiger partial charge in [0, 0.05) is 36.3 Å². The van der Waals surface area contributed by atoms with E-state index in [1.54, 1.807) is 11.0 Å². The van der Waals surface area contributed by atoms with Crippen molar-refractivity contribution in [2.45, 2.75) is 26.2 Å². The van der Waals surface area contributed by atoms with Crippen LogP contribution in [0.4, 0.5) is 0 Å². The first kappa shape index (κ1) is 18.9. The van der Waals surface area contributed by atoms with Crippen LogP contribution in [0.25, 0.3) is 0 Å². The number of benzene rings is 1. The van der Waals surface area contributed by atoms with Crippen molar-refractivity contribution in [2.24, 2.45) is 11.8 Å². The molecule has 1 saturated heterocycles. The van der Waals surface area contributed by atoms with Gasteiger partial charge in [-0.15, -0.1) is 0 Å². The minimum absolute atomic E-state index is 0.139. The number of nitrogens with zero attached hydrogens (tertiary/aromatic N) is 1. The largest absolute Gasteiger partial charge is 0.481 e. The summed E-state index contributed by atoms with van der Waals surface area (Å²) in [5.41, 5.74) is 1.62. The Balaban J connectivity index is 1.86. The molecule has 0 radical (unpaired) electrons. The van der Waals surface area contributed by atoms with Gasteiger partial charge in [0.15, 0.2) is 0 Å². The molecular formula is C21H24N2O4. The van der Waals surface area contributed by atoms with Crippen molar-refractivity contribution in [3.05, 3.63) is 69.6 Å². The van der Waals surface area contributed by atoms with Gasteiger partial charge in [-0.1, -0.05) is 44.2 Å². The molecule has 1 aliphatic heterocycles. The molecule has 27 heavy (non-hydrogen) atoms. The molecule has 2 heterocycles. The molecule has 1 aromatic heterocycles. The Hall–Kier alpha value is -2.89. The number of carboxylic acid groups (broad SMARTS) is 1. The molecule has 2 unspecified atom stereocenters. The Morgan fingerprint density at radius 2 is 1.89 bits per heavy atom. The lowest BCUT2D eigenvalue weighted by atomic mass is 9.89. The number of nitrogens with one attached hydrogen (secondary N) is 1. The first-order valence-electron chi connectivity index (χ1n) is 9.15. The predicted molar refractivity (Wildman–Crippen MR) is 102 cm³/mol. The van der Waals surface area contributed by atoms with Crippen LogP contribution < -0.4 is 5.56 Å². The van der Waals surface area contributed by atoms with Crippen LogP contribution in [-0.2, 0) is 11.2 Å². The van der Waals surface area contributed by atoms with Crippen molar-refractivity contribution in [3.63, 3.8) is 0 Å². The Morgan fingerprint density at radius 3 is 2.52 bits per heavy atom. The number of hydrogen-bond donors (Lipinski definition) is 2. The number of aromatic nitrogens is 1. The fourth-order valence-electron chi connectivity index (χ4n) is 3.71. The summed E-state index contributed by atoms with van der Waals surface area (Å²) in [7, 11) is 0. The Bertz CT molecular complexity index is 889. The Labute approximate surface area is 157 Å². The minimum Gasteiger partial charge on any atom is -0.481 e. The average molecular weight is 368 g/mol. The zero-order chi connectivity index (χ0) is 19.6. The molecule has 0 saturated carbocycles. The lowest BCUT2D eigenvalue weighted by molar-refractivity contribution is -0.141. The van der Waals surface area contributed by atoms with Gasteiger partial charge in [-0.2, -0.15) is 0 Å². The van der Waals surface area contributed by atoms with E-state index in [1.807, 2.05) is 44.2 Å². The lowest BCUT2D eigenvalue weighted by Gasteiger charge is -2.17. The molecule has 1 amide bonds. The quantitative estimate of drug-likeness (QED) is 0.848. The van der Waals surface area contributed by atoms with E-state index in [0.717, 1.165) is 11.3 Å². The van der Waals surface area contributed by atoms with Gasteiger partial charge in [-0.3, -0.25) is 14.4 Å². The van der Waals surface area contributed by atoms with Crippen molar-refractivity contribution in [1.82, 2.24) is 9.88 Å². The van der Waals surface area contributed by atoms with E-state index in [4.69, 9.17) is 0 Å². The molecule has 2 aromatic rings. The van der Waals surface area contributed by atoms with Crippen molar-refractivity contribution in [3.8, 4) is 0 Å². The molecule has 3 rings (SSSR count). The number of pyridine rings is 1. The maximum Gasteiger partial charge on any atom is 0.308 e. The van der Waals surface area contributed by atoms with E-state index in [0.29, 0.717) is 24.4 Å². The second kappa shape index (κ2) is 7.78. The average Bonchev–Trinajstić information content (AvgIpc) is 3.06. The summed E-state index contributed by atoms with van der Waals surface area (Å²) < 4.78 is 0. The summed E-state index contributed by atoms with van der Waals surface area (Å²) in [6.45, 7) is 4.54. The molecule has 2 N–H and O–H groups in total. The van der Waals surface area contributed by atoms with E-state index in [9.17, 15) is 19.5 Å². The summed E-state index contributed by atoms with van der Waals surface area (Å²) in [6.07, 6.45) is 0.667. The van der Waals surface area contributed by atoms with Crippen LogP contribution >= 0.6 is 0 Å². The third kappa shape index (κ3) is 4.27. The smallest absolute Gasteiger partial charge is 0.308 e. The molecule has 0 bridgehead atoms. The summed E-state index contributed by atoms with van der Waals surface area (Å²) in [6, 6.07) is 12.4. The van der Waals surface area contributed by atoms with Gasteiger partial charge < -0.3 is 15.0 Å². The van der Waals surface area contributed by atoms with Crippen molar-refractivity contribution >= 4 is 11.9 Å². The number of carboxylic acids is 1. The Kier molecular flexibility index (Phi) is 5.44. The highest BCUT2D eigenvalue weighted by Crippen LogP contribution is 2.33. The van der Waals surface area contributed by atoms with Crippen molar-refractivity contribution < 1.29 is 14.7 Å². The van der Waals surface area contributed by atoms with Crippen LogP contribution in [0.15, 0.2) is 47.3 Å². The fraction of sp³-hybridized carbons (Fsp3) is 0.381. The molecule has 6 heteroatoms. The van der Waals surface area contributed by atoms with Gasteiger partial charge in [-0.25, -0.2) is 0 Å². The zero-order valence-corrected chi connectivity index (χ0v) is 15.5. The molecule has 0 spiro atoms. The first-order chi connectivity index (χ1) is 12.8. The van der Waals surface area contributed by atoms with Crippen molar-refractivity contribution in [1.29, 1.82) is 0 Å². The van der Waals surface area contributed by atoms with E-state index in [2.05, 4.69) is 4.98 Å². The molecule has 1 aromatic carbocycles. The van der Waals surface area contributed by atoms with Crippen molar-refractivity contribution in [2.75, 3.05) is 13.1 Å². The third-order valence-electron chi connectivity index (χ3n) is 4.93. The molecule has 6 nitrogen and oxygen atoms in total. The molecule has 2 atom stereocenters. The van der Waals surface area contributed by atoms with Gasteiger partial charge in [0.2, 0.25) is 5.56 Å². The second-order valence-corrected chi connectivity index (χ2v) is 7.53. The highest BCUT2D eigenvalue weighted by molar-refractivity contribution is 5.95. The number of rotatable bonds is 5. The minimum atomic E-state index is -0.912. The standard InChI is InChI=1S/C21H24N2O4/c1-13(2)8-16-9-15(10-19(24)22-16)20(25)23-11-17(18(12-23)21(26)27)14-6-4-3-5-7-14/h3-7,9-10,13,17-18H,8,11-12H2,1-2H3,(H,22,24)(H,26,27). The zero-order valence-electron chi connectivity index (χ0n) is 15.5. The van der Waals surface area contributed by atoms with Crippen LogP contribution in [0.2, 0.25) is 0 Å². The highest BCUT2D eigenvalue weighted by atomic mass is 16.4. The number of carbonyl (C=O) groups is 2. The number of aromatic amines is 1. The Morgan fingerprint density at radius 1 is 1.19 bits per heavy atom. The van der Waals surface area contributed by atoms with Crippen LogP contribution in [-0.4, -0.2) is 40.0 Å². The monoisotopic (exact) mass is 368 g/mol. The fourth-order valence-corrected chi connectivity index (χ4v) is 3.71. The number of aliphatic carboxylic acids is 1. The predicted octanol–water partition coefficient (Wildman–Crippen LogP) is 2.51. The molecule has 142 valence electrons. The number of hydrogen-bond acceptors (Lipinski definition) is 3. The van der Waals surface area contributed by atoms with Gasteiger partial charge in [0.25, 0.3) is 5.91 Å². The van der Waals surface area contributed by atoms with Gasteiger partial charge in [-0.05, 0) is 24.0 Å². The number of likely N-dealkylation sites (tertiary alicyclic amines) is 1. The first-order valence-corrected chi connectivity index (χ1v) is 9.15. The van der Waals surface area contributed by atoms with Crippen LogP contribution in [0, 0.1) is 11.8 Å².